The first-order chi connectivity index (χ1) is 13.8. The van der Waals surface area contributed by atoms with Crippen molar-refractivity contribution in [1.82, 2.24) is 0 Å². The van der Waals surface area contributed by atoms with E-state index in [4.69, 9.17) is 4.74 Å². The molecule has 2 aromatic carbocycles. The van der Waals surface area contributed by atoms with Gasteiger partial charge < -0.3 is 15.0 Å². The number of amides is 2. The Bertz CT molecular complexity index is 947. The van der Waals surface area contributed by atoms with E-state index in [2.05, 4.69) is 5.32 Å². The summed E-state index contributed by atoms with van der Waals surface area (Å²) in [6.07, 6.45) is 0.0880. The molecule has 0 unspecified atom stereocenters. The predicted octanol–water partition coefficient (Wildman–Crippen LogP) is 3.46. The lowest BCUT2D eigenvalue weighted by Crippen LogP contribution is -2.28. The number of carbonyl (C=O) groups excluding carboxylic acids is 3. The third-order valence-electron chi connectivity index (χ3n) is 5.19. The summed E-state index contributed by atoms with van der Waals surface area (Å²) in [7, 11) is 0. The Morgan fingerprint density at radius 1 is 1.07 bits per heavy atom. The van der Waals surface area contributed by atoms with E-state index in [1.54, 1.807) is 4.90 Å². The SMILES string of the molecule is Cc1ccc(N2C[C@@H](C(=O)OCC(=O)Nc3c(C)cccc3C)CC2=O)c(C)c1. The monoisotopic (exact) mass is 394 g/mol. The molecule has 1 atom stereocenters. The molecule has 2 aromatic rings. The number of hydrogen-bond acceptors (Lipinski definition) is 4. The summed E-state index contributed by atoms with van der Waals surface area (Å²) >= 11 is 0. The first-order valence-electron chi connectivity index (χ1n) is 9.66. The molecule has 29 heavy (non-hydrogen) atoms. The molecule has 1 fully saturated rings. The van der Waals surface area contributed by atoms with E-state index in [1.807, 2.05) is 64.1 Å². The lowest BCUT2D eigenvalue weighted by molar-refractivity contribution is -0.151. The summed E-state index contributed by atoms with van der Waals surface area (Å²) < 4.78 is 5.19. The predicted molar refractivity (Wildman–Crippen MR) is 112 cm³/mol. The standard InChI is InChI=1S/C23H26N2O4/c1-14-8-9-19(17(4)10-14)25-12-18(11-21(25)27)23(28)29-13-20(26)24-22-15(2)6-5-7-16(22)3/h5-10,18H,11-13H2,1-4H3,(H,24,26)/t18-/m0/s1. The van der Waals surface area contributed by atoms with Crippen LogP contribution in [-0.2, 0) is 19.1 Å². The Morgan fingerprint density at radius 3 is 2.41 bits per heavy atom. The molecule has 0 aliphatic carbocycles. The van der Waals surface area contributed by atoms with Gasteiger partial charge in [0.15, 0.2) is 6.61 Å². The van der Waals surface area contributed by atoms with Crippen LogP contribution in [0.5, 0.6) is 0 Å². The second-order valence-corrected chi connectivity index (χ2v) is 7.62. The van der Waals surface area contributed by atoms with Crippen molar-refractivity contribution in [3.8, 4) is 0 Å². The molecule has 152 valence electrons. The lowest BCUT2D eigenvalue weighted by Gasteiger charge is -2.19. The van der Waals surface area contributed by atoms with Crippen molar-refractivity contribution in [3.05, 3.63) is 58.7 Å². The smallest absolute Gasteiger partial charge is 0.311 e. The Kier molecular flexibility index (Phi) is 6.01. The van der Waals surface area contributed by atoms with Gasteiger partial charge in [-0.25, -0.2) is 0 Å². The summed E-state index contributed by atoms with van der Waals surface area (Å²) in [5, 5.41) is 2.79. The number of esters is 1. The summed E-state index contributed by atoms with van der Waals surface area (Å²) in [6.45, 7) is 7.63. The van der Waals surface area contributed by atoms with Crippen molar-refractivity contribution in [1.29, 1.82) is 0 Å². The third-order valence-corrected chi connectivity index (χ3v) is 5.19. The Hall–Kier alpha value is -3.15. The van der Waals surface area contributed by atoms with Crippen LogP contribution in [0.1, 0.15) is 28.7 Å². The van der Waals surface area contributed by atoms with Gasteiger partial charge in [0.1, 0.15) is 0 Å². The Morgan fingerprint density at radius 2 is 1.76 bits per heavy atom. The van der Waals surface area contributed by atoms with E-state index in [0.717, 1.165) is 33.6 Å². The molecule has 1 aliphatic rings. The molecule has 3 rings (SSSR count). The van der Waals surface area contributed by atoms with Crippen molar-refractivity contribution in [3.63, 3.8) is 0 Å². The number of nitrogens with one attached hydrogen (secondary N) is 1. The fourth-order valence-electron chi connectivity index (χ4n) is 3.65. The third kappa shape index (κ3) is 4.65. The van der Waals surface area contributed by atoms with Crippen molar-refractivity contribution >= 4 is 29.2 Å². The molecule has 0 saturated carbocycles. The van der Waals surface area contributed by atoms with Crippen molar-refractivity contribution < 1.29 is 19.1 Å². The van der Waals surface area contributed by atoms with Crippen LogP contribution in [0.4, 0.5) is 11.4 Å². The maximum absolute atomic E-state index is 12.4. The molecule has 0 bridgehead atoms. The molecule has 1 heterocycles. The number of aryl methyl sites for hydroxylation is 4. The van der Waals surface area contributed by atoms with Gasteiger partial charge in [-0.05, 0) is 50.5 Å². The number of anilines is 2. The zero-order valence-electron chi connectivity index (χ0n) is 17.2. The molecule has 6 nitrogen and oxygen atoms in total. The number of para-hydroxylation sites is 1. The fourth-order valence-corrected chi connectivity index (χ4v) is 3.65. The lowest BCUT2D eigenvalue weighted by atomic mass is 10.1. The Labute approximate surface area is 170 Å². The molecular weight excluding hydrogens is 368 g/mol. The van der Waals surface area contributed by atoms with E-state index < -0.39 is 17.8 Å². The van der Waals surface area contributed by atoms with E-state index in [9.17, 15) is 14.4 Å². The van der Waals surface area contributed by atoms with Crippen molar-refractivity contribution in [2.45, 2.75) is 34.1 Å². The first kappa shape index (κ1) is 20.6. The highest BCUT2D eigenvalue weighted by atomic mass is 16.5. The van der Waals surface area contributed by atoms with Gasteiger partial charge in [0.05, 0.1) is 5.92 Å². The molecule has 0 aromatic heterocycles. The van der Waals surface area contributed by atoms with Crippen LogP contribution in [-0.4, -0.2) is 30.9 Å². The van der Waals surface area contributed by atoms with Gasteiger partial charge in [-0.3, -0.25) is 14.4 Å². The van der Waals surface area contributed by atoms with Crippen LogP contribution in [0.25, 0.3) is 0 Å². The average molecular weight is 394 g/mol. The van der Waals surface area contributed by atoms with E-state index >= 15 is 0 Å². The maximum atomic E-state index is 12.4. The number of ether oxygens (including phenoxy) is 1. The van der Waals surface area contributed by atoms with E-state index in [-0.39, 0.29) is 25.5 Å². The van der Waals surface area contributed by atoms with Crippen LogP contribution in [0.15, 0.2) is 36.4 Å². The largest absolute Gasteiger partial charge is 0.455 e. The second-order valence-electron chi connectivity index (χ2n) is 7.62. The van der Waals surface area contributed by atoms with Crippen LogP contribution in [0.2, 0.25) is 0 Å². The minimum atomic E-state index is -0.573. The second kappa shape index (κ2) is 8.47. The summed E-state index contributed by atoms with van der Waals surface area (Å²) in [5.41, 5.74) is 5.52. The minimum Gasteiger partial charge on any atom is -0.455 e. The van der Waals surface area contributed by atoms with E-state index in [1.165, 1.54) is 0 Å². The van der Waals surface area contributed by atoms with E-state index in [0.29, 0.717) is 0 Å². The van der Waals surface area contributed by atoms with Gasteiger partial charge in [-0.1, -0.05) is 35.9 Å². The number of rotatable bonds is 5. The zero-order valence-corrected chi connectivity index (χ0v) is 17.2. The molecule has 0 spiro atoms. The first-order valence-corrected chi connectivity index (χ1v) is 9.66. The number of benzene rings is 2. The normalized spacial score (nSPS) is 16.1. The summed E-state index contributed by atoms with van der Waals surface area (Å²) in [5.74, 6) is -1.61. The summed E-state index contributed by atoms with van der Waals surface area (Å²) in [6, 6.07) is 11.6. The molecule has 1 N–H and O–H groups in total. The zero-order chi connectivity index (χ0) is 21.1. The van der Waals surface area contributed by atoms with Crippen molar-refractivity contribution in [2.24, 2.45) is 5.92 Å². The van der Waals surface area contributed by atoms with Gasteiger partial charge >= 0.3 is 5.97 Å². The maximum Gasteiger partial charge on any atom is 0.311 e. The van der Waals surface area contributed by atoms with Gasteiger partial charge in [-0.2, -0.15) is 0 Å². The highest BCUT2D eigenvalue weighted by Gasteiger charge is 2.36. The average Bonchev–Trinajstić information content (AvgIpc) is 3.04. The molecule has 2 amide bonds. The quantitative estimate of drug-likeness (QED) is 0.788. The van der Waals surface area contributed by atoms with Crippen molar-refractivity contribution in [2.75, 3.05) is 23.4 Å². The molecule has 1 aliphatic heterocycles. The number of carbonyl (C=O) groups is 3. The number of hydrogen-bond donors (Lipinski definition) is 1. The number of nitrogens with zero attached hydrogens (tertiary/aromatic N) is 1. The van der Waals surface area contributed by atoms with Crippen LogP contribution in [0, 0.1) is 33.6 Å². The van der Waals surface area contributed by atoms with Gasteiger partial charge in [0, 0.05) is 24.3 Å². The van der Waals surface area contributed by atoms with Crippen LogP contribution < -0.4 is 10.2 Å². The molecule has 1 saturated heterocycles. The summed E-state index contributed by atoms with van der Waals surface area (Å²) in [4.78, 5) is 38.7. The topological polar surface area (TPSA) is 75.7 Å². The highest BCUT2D eigenvalue weighted by molar-refractivity contribution is 6.00. The molecule has 6 heteroatoms. The molecular formula is C23H26N2O4. The highest BCUT2D eigenvalue weighted by Crippen LogP contribution is 2.29. The fraction of sp³-hybridized carbons (Fsp3) is 0.348. The van der Waals surface area contributed by atoms with Gasteiger partial charge in [-0.15, -0.1) is 0 Å². The van der Waals surface area contributed by atoms with Gasteiger partial charge in [0.2, 0.25) is 5.91 Å². The van der Waals surface area contributed by atoms with Gasteiger partial charge in [0.25, 0.3) is 5.91 Å². The van der Waals surface area contributed by atoms with Crippen LogP contribution in [0.3, 0.4) is 0 Å². The molecule has 0 radical (unpaired) electrons. The Balaban J connectivity index is 1.57. The minimum absolute atomic E-state index is 0.0880. The van der Waals surface area contributed by atoms with Crippen LogP contribution >= 0.6 is 0 Å².